The van der Waals surface area contributed by atoms with Gasteiger partial charge in [0.25, 0.3) is 5.91 Å². The molecule has 0 aliphatic carbocycles. The van der Waals surface area contributed by atoms with Crippen molar-refractivity contribution >= 4 is 28.5 Å². The average Bonchev–Trinajstić information content (AvgIpc) is 3.10. The largest absolute Gasteiger partial charge is 0.452 e. The summed E-state index contributed by atoms with van der Waals surface area (Å²) in [6.07, 6.45) is 2.66. The van der Waals surface area contributed by atoms with Crippen molar-refractivity contribution in [1.82, 2.24) is 4.98 Å². The Morgan fingerprint density at radius 3 is 2.58 bits per heavy atom. The number of esters is 1. The number of hydrogen-bond acceptors (Lipinski definition) is 3. The van der Waals surface area contributed by atoms with Gasteiger partial charge in [-0.05, 0) is 36.1 Å². The van der Waals surface area contributed by atoms with Crippen LogP contribution in [-0.4, -0.2) is 23.5 Å². The normalized spacial score (nSPS) is 11.9. The van der Waals surface area contributed by atoms with Crippen LogP contribution in [0.3, 0.4) is 0 Å². The van der Waals surface area contributed by atoms with E-state index in [1.165, 1.54) is 5.56 Å². The molecule has 134 valence electrons. The number of hydrogen-bond donors (Lipinski definition) is 2. The van der Waals surface area contributed by atoms with Crippen LogP contribution in [0.5, 0.6) is 0 Å². The maximum atomic E-state index is 12.2. The topological polar surface area (TPSA) is 71.2 Å². The Labute approximate surface area is 152 Å². The number of anilines is 1. The second-order valence-electron chi connectivity index (χ2n) is 6.30. The van der Waals surface area contributed by atoms with Crippen molar-refractivity contribution in [3.8, 4) is 0 Å². The zero-order chi connectivity index (χ0) is 18.5. The standard InChI is InChI=1S/C21H22N2O3/c1-3-14(2)15-8-10-16(11-9-15)23-20(24)13-26-21(25)18-12-22-19-7-5-4-6-17(18)19/h4-12,14,22H,3,13H2,1-2H3,(H,23,24)/t14-/m1/s1. The van der Waals surface area contributed by atoms with E-state index in [1.54, 1.807) is 6.20 Å². The van der Waals surface area contributed by atoms with Gasteiger partial charge in [0.1, 0.15) is 0 Å². The second kappa shape index (κ2) is 7.87. The number of aromatic nitrogens is 1. The zero-order valence-corrected chi connectivity index (χ0v) is 14.9. The van der Waals surface area contributed by atoms with Crippen molar-refractivity contribution in [2.24, 2.45) is 0 Å². The Kier molecular flexibility index (Phi) is 5.37. The molecule has 0 bridgehead atoms. The summed E-state index contributed by atoms with van der Waals surface area (Å²) in [5, 5.41) is 3.52. The van der Waals surface area contributed by atoms with E-state index < -0.39 is 5.97 Å². The van der Waals surface area contributed by atoms with Crippen molar-refractivity contribution in [2.75, 3.05) is 11.9 Å². The monoisotopic (exact) mass is 350 g/mol. The van der Waals surface area contributed by atoms with E-state index in [4.69, 9.17) is 4.74 Å². The van der Waals surface area contributed by atoms with Gasteiger partial charge in [-0.25, -0.2) is 4.79 Å². The van der Waals surface area contributed by atoms with E-state index in [0.717, 1.165) is 17.3 Å². The fraction of sp³-hybridized carbons (Fsp3) is 0.238. The molecule has 1 heterocycles. The SMILES string of the molecule is CC[C@@H](C)c1ccc(NC(=O)COC(=O)c2c[nH]c3ccccc23)cc1. The number of rotatable bonds is 6. The molecule has 3 rings (SSSR count). The lowest BCUT2D eigenvalue weighted by molar-refractivity contribution is -0.119. The van der Waals surface area contributed by atoms with E-state index in [2.05, 4.69) is 24.1 Å². The molecule has 5 nitrogen and oxygen atoms in total. The Morgan fingerprint density at radius 1 is 1.12 bits per heavy atom. The highest BCUT2D eigenvalue weighted by molar-refractivity contribution is 6.05. The lowest BCUT2D eigenvalue weighted by Crippen LogP contribution is -2.20. The second-order valence-corrected chi connectivity index (χ2v) is 6.30. The van der Waals surface area contributed by atoms with Crippen molar-refractivity contribution in [2.45, 2.75) is 26.2 Å². The first kappa shape index (κ1) is 17.7. The van der Waals surface area contributed by atoms with Crippen LogP contribution < -0.4 is 5.32 Å². The third-order valence-corrected chi connectivity index (χ3v) is 4.52. The van der Waals surface area contributed by atoms with Crippen LogP contribution >= 0.6 is 0 Å². The van der Waals surface area contributed by atoms with Crippen molar-refractivity contribution in [3.05, 3.63) is 65.9 Å². The third kappa shape index (κ3) is 3.94. The van der Waals surface area contributed by atoms with Gasteiger partial charge < -0.3 is 15.0 Å². The predicted molar refractivity (Wildman–Crippen MR) is 102 cm³/mol. The highest BCUT2D eigenvalue weighted by Gasteiger charge is 2.15. The predicted octanol–water partition coefficient (Wildman–Crippen LogP) is 4.48. The number of aromatic amines is 1. The minimum Gasteiger partial charge on any atom is -0.452 e. The molecule has 0 unspecified atom stereocenters. The van der Waals surface area contributed by atoms with Crippen molar-refractivity contribution in [3.63, 3.8) is 0 Å². The Bertz CT molecular complexity index is 912. The van der Waals surface area contributed by atoms with Gasteiger partial charge in [-0.2, -0.15) is 0 Å². The number of ether oxygens (including phenoxy) is 1. The zero-order valence-electron chi connectivity index (χ0n) is 14.9. The molecule has 0 aliphatic heterocycles. The molecule has 1 aromatic heterocycles. The van der Waals surface area contributed by atoms with Gasteiger partial charge in [-0.3, -0.25) is 4.79 Å². The molecule has 0 saturated heterocycles. The molecule has 5 heteroatoms. The van der Waals surface area contributed by atoms with Crippen LogP contribution in [-0.2, 0) is 9.53 Å². The van der Waals surface area contributed by atoms with E-state index in [0.29, 0.717) is 17.2 Å². The fourth-order valence-corrected chi connectivity index (χ4v) is 2.78. The molecule has 2 aromatic carbocycles. The lowest BCUT2D eigenvalue weighted by Gasteiger charge is -2.10. The minimum absolute atomic E-state index is 0.328. The molecule has 26 heavy (non-hydrogen) atoms. The van der Waals surface area contributed by atoms with Gasteiger partial charge in [0, 0.05) is 22.8 Å². The van der Waals surface area contributed by atoms with Crippen LogP contribution in [0.4, 0.5) is 5.69 Å². The maximum absolute atomic E-state index is 12.2. The molecular formula is C21H22N2O3. The lowest BCUT2D eigenvalue weighted by atomic mass is 9.99. The van der Waals surface area contributed by atoms with Crippen LogP contribution in [0.2, 0.25) is 0 Å². The molecule has 0 fully saturated rings. The Morgan fingerprint density at radius 2 is 1.85 bits per heavy atom. The first-order valence-electron chi connectivity index (χ1n) is 8.71. The quantitative estimate of drug-likeness (QED) is 0.644. The molecule has 0 radical (unpaired) electrons. The van der Waals surface area contributed by atoms with E-state index in [9.17, 15) is 9.59 Å². The molecule has 2 N–H and O–H groups in total. The summed E-state index contributed by atoms with van der Waals surface area (Å²) in [7, 11) is 0. The van der Waals surface area contributed by atoms with Crippen LogP contribution in [0, 0.1) is 0 Å². The molecule has 0 spiro atoms. The molecule has 0 aliphatic rings. The number of amides is 1. The number of carbonyl (C=O) groups excluding carboxylic acids is 2. The van der Waals surface area contributed by atoms with Crippen LogP contribution in [0.1, 0.15) is 42.1 Å². The van der Waals surface area contributed by atoms with Crippen LogP contribution in [0.25, 0.3) is 10.9 Å². The van der Waals surface area contributed by atoms with E-state index >= 15 is 0 Å². The van der Waals surface area contributed by atoms with Gasteiger partial charge in [0.15, 0.2) is 6.61 Å². The first-order valence-corrected chi connectivity index (χ1v) is 8.71. The van der Waals surface area contributed by atoms with Crippen molar-refractivity contribution < 1.29 is 14.3 Å². The summed E-state index contributed by atoms with van der Waals surface area (Å²) in [6, 6.07) is 15.2. The summed E-state index contributed by atoms with van der Waals surface area (Å²) in [5.74, 6) is -0.406. The molecule has 3 aromatic rings. The van der Waals surface area contributed by atoms with Gasteiger partial charge >= 0.3 is 5.97 Å². The fourth-order valence-electron chi connectivity index (χ4n) is 2.78. The molecule has 1 atom stereocenters. The van der Waals surface area contributed by atoms with Gasteiger partial charge in [0.2, 0.25) is 0 Å². The first-order chi connectivity index (χ1) is 12.6. The summed E-state index contributed by atoms with van der Waals surface area (Å²) in [6.45, 7) is 3.98. The minimum atomic E-state index is -0.523. The summed E-state index contributed by atoms with van der Waals surface area (Å²) < 4.78 is 5.14. The third-order valence-electron chi connectivity index (χ3n) is 4.52. The summed E-state index contributed by atoms with van der Waals surface area (Å²) >= 11 is 0. The Balaban J connectivity index is 1.56. The number of para-hydroxylation sites is 1. The van der Waals surface area contributed by atoms with Gasteiger partial charge in [-0.15, -0.1) is 0 Å². The smallest absolute Gasteiger partial charge is 0.340 e. The highest BCUT2D eigenvalue weighted by Crippen LogP contribution is 2.21. The van der Waals surface area contributed by atoms with Gasteiger partial charge in [0.05, 0.1) is 5.56 Å². The average molecular weight is 350 g/mol. The van der Waals surface area contributed by atoms with E-state index in [1.807, 2.05) is 48.5 Å². The molecule has 1 amide bonds. The summed E-state index contributed by atoms with van der Waals surface area (Å²) in [5.41, 5.74) is 3.19. The number of carbonyl (C=O) groups is 2. The number of nitrogens with one attached hydrogen (secondary N) is 2. The van der Waals surface area contributed by atoms with Crippen molar-refractivity contribution in [1.29, 1.82) is 0 Å². The summed E-state index contributed by atoms with van der Waals surface area (Å²) in [4.78, 5) is 27.3. The maximum Gasteiger partial charge on any atom is 0.340 e. The number of benzene rings is 2. The Hall–Kier alpha value is -3.08. The molecular weight excluding hydrogens is 328 g/mol. The molecule has 0 saturated carbocycles. The highest BCUT2D eigenvalue weighted by atomic mass is 16.5. The van der Waals surface area contributed by atoms with E-state index in [-0.39, 0.29) is 12.5 Å². The number of fused-ring (bicyclic) bond motifs is 1. The van der Waals surface area contributed by atoms with Gasteiger partial charge in [-0.1, -0.05) is 44.2 Å². The van der Waals surface area contributed by atoms with Crippen LogP contribution in [0.15, 0.2) is 54.7 Å². The number of H-pyrrole nitrogens is 1.